The molecule has 2 aliphatic rings. The largest absolute Gasteiger partial charge is 0.497 e. The summed E-state index contributed by atoms with van der Waals surface area (Å²) in [6.07, 6.45) is 0. The maximum atomic E-state index is 12.4. The Labute approximate surface area is 209 Å². The predicted molar refractivity (Wildman–Crippen MR) is 137 cm³/mol. The third-order valence-electron chi connectivity index (χ3n) is 5.95. The first-order valence-electron chi connectivity index (χ1n) is 11.9. The van der Waals surface area contributed by atoms with Crippen LogP contribution in [0.5, 0.6) is 5.75 Å². The molecule has 0 unspecified atom stereocenters. The fourth-order valence-electron chi connectivity index (χ4n) is 3.96. The van der Waals surface area contributed by atoms with Gasteiger partial charge in [-0.1, -0.05) is 0 Å². The van der Waals surface area contributed by atoms with Crippen molar-refractivity contribution in [1.82, 2.24) is 15.0 Å². The highest BCUT2D eigenvalue weighted by atomic mass is 16.5. The molecule has 188 valence electrons. The van der Waals surface area contributed by atoms with Gasteiger partial charge >= 0.3 is 6.03 Å². The van der Waals surface area contributed by atoms with Crippen LogP contribution in [0.2, 0.25) is 0 Å². The van der Waals surface area contributed by atoms with Crippen LogP contribution in [0.1, 0.15) is 0 Å². The number of carbonyl (C=O) groups excluding carboxylic acids is 1. The third kappa shape index (κ3) is 5.81. The zero-order valence-electron chi connectivity index (χ0n) is 20.1. The highest BCUT2D eigenvalue weighted by Gasteiger charge is 2.21. The van der Waals surface area contributed by atoms with Crippen molar-refractivity contribution in [2.45, 2.75) is 0 Å². The topological polar surface area (TPSA) is 114 Å². The summed E-state index contributed by atoms with van der Waals surface area (Å²) in [6, 6.07) is 14.2. The average molecular weight is 492 g/mol. The number of urea groups is 1. The van der Waals surface area contributed by atoms with Gasteiger partial charge in [-0.25, -0.2) is 4.79 Å². The van der Waals surface area contributed by atoms with Gasteiger partial charge in [0.2, 0.25) is 11.9 Å². The Morgan fingerprint density at radius 3 is 1.69 bits per heavy atom. The number of nitrogens with zero attached hydrogens (tertiary/aromatic N) is 5. The van der Waals surface area contributed by atoms with Crippen molar-refractivity contribution in [3.8, 4) is 17.1 Å². The van der Waals surface area contributed by atoms with E-state index in [1.165, 1.54) is 0 Å². The molecule has 0 spiro atoms. The first kappa shape index (κ1) is 23.8. The normalized spacial score (nSPS) is 15.9. The molecule has 2 amide bonds. The molecule has 0 radical (unpaired) electrons. The van der Waals surface area contributed by atoms with E-state index in [0.717, 1.165) is 37.5 Å². The fraction of sp³-hybridized carbons (Fsp3) is 0.360. The van der Waals surface area contributed by atoms with E-state index in [2.05, 4.69) is 20.4 Å². The van der Waals surface area contributed by atoms with Gasteiger partial charge in [-0.15, -0.1) is 0 Å². The number of rotatable bonds is 6. The van der Waals surface area contributed by atoms with Gasteiger partial charge in [0.05, 0.1) is 33.5 Å². The van der Waals surface area contributed by atoms with Crippen LogP contribution in [-0.4, -0.2) is 80.7 Å². The minimum absolute atomic E-state index is 0.336. The molecule has 0 saturated carbocycles. The molecule has 2 N–H and O–H groups in total. The van der Waals surface area contributed by atoms with Gasteiger partial charge in [0, 0.05) is 43.1 Å². The van der Waals surface area contributed by atoms with Gasteiger partial charge in [0.15, 0.2) is 5.82 Å². The van der Waals surface area contributed by atoms with Crippen molar-refractivity contribution in [1.29, 1.82) is 0 Å². The van der Waals surface area contributed by atoms with Crippen molar-refractivity contribution < 1.29 is 19.0 Å². The van der Waals surface area contributed by atoms with Crippen LogP contribution in [0.4, 0.5) is 28.1 Å². The molecule has 5 rings (SSSR count). The summed E-state index contributed by atoms with van der Waals surface area (Å²) < 4.78 is 16.1. The number of benzene rings is 2. The lowest BCUT2D eigenvalue weighted by molar-refractivity contribution is 0.121. The second kappa shape index (κ2) is 11.2. The molecule has 2 aromatic carbocycles. The summed E-state index contributed by atoms with van der Waals surface area (Å²) in [5.41, 5.74) is 2.16. The second-order valence-corrected chi connectivity index (χ2v) is 8.34. The zero-order chi connectivity index (χ0) is 24.7. The van der Waals surface area contributed by atoms with Crippen LogP contribution in [0.15, 0.2) is 48.5 Å². The maximum Gasteiger partial charge on any atom is 0.323 e. The Kier molecular flexibility index (Phi) is 7.39. The van der Waals surface area contributed by atoms with Gasteiger partial charge in [-0.2, -0.15) is 15.0 Å². The number of amides is 2. The van der Waals surface area contributed by atoms with Gasteiger partial charge < -0.3 is 34.6 Å². The molecule has 2 aliphatic heterocycles. The molecule has 3 heterocycles. The molecule has 0 aliphatic carbocycles. The van der Waals surface area contributed by atoms with Crippen molar-refractivity contribution in [2.24, 2.45) is 0 Å². The van der Waals surface area contributed by atoms with Gasteiger partial charge in [0.1, 0.15) is 5.75 Å². The van der Waals surface area contributed by atoms with E-state index in [4.69, 9.17) is 29.2 Å². The third-order valence-corrected chi connectivity index (χ3v) is 5.95. The second-order valence-electron chi connectivity index (χ2n) is 8.34. The van der Waals surface area contributed by atoms with Crippen LogP contribution in [-0.2, 0) is 9.47 Å². The van der Waals surface area contributed by atoms with E-state index in [9.17, 15) is 4.79 Å². The highest BCUT2D eigenvalue weighted by molar-refractivity contribution is 5.99. The lowest BCUT2D eigenvalue weighted by Crippen LogP contribution is -2.40. The highest BCUT2D eigenvalue weighted by Crippen LogP contribution is 2.24. The van der Waals surface area contributed by atoms with E-state index in [0.29, 0.717) is 55.5 Å². The van der Waals surface area contributed by atoms with E-state index in [-0.39, 0.29) is 6.03 Å². The molecule has 11 nitrogen and oxygen atoms in total. The number of aromatic nitrogens is 3. The van der Waals surface area contributed by atoms with E-state index < -0.39 is 0 Å². The average Bonchev–Trinajstić information content (AvgIpc) is 2.94. The summed E-state index contributed by atoms with van der Waals surface area (Å²) in [7, 11) is 1.60. The van der Waals surface area contributed by atoms with E-state index in [1.54, 1.807) is 31.4 Å². The Balaban J connectivity index is 1.32. The number of carbonyl (C=O) groups is 1. The number of hydrogen-bond acceptors (Lipinski definition) is 9. The maximum absolute atomic E-state index is 12.4. The Morgan fingerprint density at radius 2 is 1.22 bits per heavy atom. The number of nitrogens with one attached hydrogen (secondary N) is 2. The summed E-state index contributed by atoms with van der Waals surface area (Å²) in [5.74, 6) is 2.60. The molecule has 36 heavy (non-hydrogen) atoms. The number of anilines is 4. The monoisotopic (exact) mass is 491 g/mol. The molecular weight excluding hydrogens is 462 g/mol. The Hall–Kier alpha value is -3.96. The number of morpholine rings is 2. The van der Waals surface area contributed by atoms with Crippen LogP contribution in [0.3, 0.4) is 0 Å². The minimum Gasteiger partial charge on any atom is -0.497 e. The first-order valence-corrected chi connectivity index (χ1v) is 11.9. The van der Waals surface area contributed by atoms with Gasteiger partial charge in [-0.05, 0) is 48.5 Å². The van der Waals surface area contributed by atoms with Gasteiger partial charge in [-0.3, -0.25) is 0 Å². The summed E-state index contributed by atoms with van der Waals surface area (Å²) in [4.78, 5) is 30.9. The lowest BCUT2D eigenvalue weighted by atomic mass is 10.2. The number of hydrogen-bond donors (Lipinski definition) is 2. The van der Waals surface area contributed by atoms with Crippen LogP contribution >= 0.6 is 0 Å². The molecule has 3 aromatic rings. The standard InChI is InChI=1S/C25H29N7O4/c1-34-21-8-6-20(7-9-21)27-25(33)26-19-4-2-18(3-5-19)22-28-23(31-10-14-35-15-11-31)30-24(29-22)32-12-16-36-17-13-32/h2-9H,10-17H2,1H3,(H2,26,27,33). The molecule has 2 saturated heterocycles. The Morgan fingerprint density at radius 1 is 0.750 bits per heavy atom. The quantitative estimate of drug-likeness (QED) is 0.537. The SMILES string of the molecule is COc1ccc(NC(=O)Nc2ccc(-c3nc(N4CCOCC4)nc(N4CCOCC4)n3)cc2)cc1. The van der Waals surface area contributed by atoms with Crippen molar-refractivity contribution in [2.75, 3.05) is 80.1 Å². The van der Waals surface area contributed by atoms with Crippen molar-refractivity contribution in [3.63, 3.8) is 0 Å². The summed E-state index contributed by atoms with van der Waals surface area (Å²) in [6.45, 7) is 5.52. The summed E-state index contributed by atoms with van der Waals surface area (Å²) in [5, 5.41) is 5.65. The van der Waals surface area contributed by atoms with Crippen LogP contribution in [0, 0.1) is 0 Å². The van der Waals surface area contributed by atoms with Crippen molar-refractivity contribution in [3.05, 3.63) is 48.5 Å². The predicted octanol–water partition coefficient (Wildman–Crippen LogP) is 2.86. The minimum atomic E-state index is -0.336. The smallest absolute Gasteiger partial charge is 0.323 e. The lowest BCUT2D eigenvalue weighted by Gasteiger charge is -2.30. The Bertz CT molecular complexity index is 1130. The molecular formula is C25H29N7O4. The summed E-state index contributed by atoms with van der Waals surface area (Å²) >= 11 is 0. The molecule has 2 fully saturated rings. The molecule has 1 aromatic heterocycles. The van der Waals surface area contributed by atoms with E-state index >= 15 is 0 Å². The van der Waals surface area contributed by atoms with Crippen LogP contribution < -0.4 is 25.2 Å². The van der Waals surface area contributed by atoms with E-state index in [1.807, 2.05) is 24.3 Å². The molecule has 0 bridgehead atoms. The zero-order valence-corrected chi connectivity index (χ0v) is 20.1. The first-order chi connectivity index (χ1) is 17.7. The van der Waals surface area contributed by atoms with Gasteiger partial charge in [0.25, 0.3) is 0 Å². The van der Waals surface area contributed by atoms with Crippen molar-refractivity contribution >= 4 is 29.3 Å². The fourth-order valence-corrected chi connectivity index (χ4v) is 3.96. The molecule has 11 heteroatoms. The number of ether oxygens (including phenoxy) is 3. The molecule has 0 atom stereocenters. The van der Waals surface area contributed by atoms with Crippen LogP contribution in [0.25, 0.3) is 11.4 Å². The number of methoxy groups -OCH3 is 1.